The van der Waals surface area contributed by atoms with E-state index in [0.29, 0.717) is 24.1 Å². The van der Waals surface area contributed by atoms with Gasteiger partial charge in [0.15, 0.2) is 0 Å². The first-order valence-electron chi connectivity index (χ1n) is 14.2. The van der Waals surface area contributed by atoms with Crippen LogP contribution in [0.4, 0.5) is 18.9 Å². The molecular weight excluding hydrogens is 573 g/mol. The molecule has 0 bridgehead atoms. The second-order valence-corrected chi connectivity index (χ2v) is 10.4. The van der Waals surface area contributed by atoms with Crippen LogP contribution >= 0.6 is 0 Å². The first-order chi connectivity index (χ1) is 21.1. The molecule has 0 spiro atoms. The lowest BCUT2D eigenvalue weighted by Gasteiger charge is -2.29. The van der Waals surface area contributed by atoms with Crippen LogP contribution < -0.4 is 16.0 Å². The predicted molar refractivity (Wildman–Crippen MR) is 160 cm³/mol. The summed E-state index contributed by atoms with van der Waals surface area (Å²) in [6.45, 7) is 0.263. The highest BCUT2D eigenvalue weighted by molar-refractivity contribution is 5.99. The fourth-order valence-electron chi connectivity index (χ4n) is 4.95. The third kappa shape index (κ3) is 9.03. The molecule has 3 aromatic carbocycles. The van der Waals surface area contributed by atoms with Gasteiger partial charge in [-0.15, -0.1) is 0 Å². The molecule has 1 aliphatic heterocycles. The van der Waals surface area contributed by atoms with Crippen molar-refractivity contribution in [2.24, 2.45) is 0 Å². The second kappa shape index (κ2) is 15.0. The normalized spacial score (nSPS) is 16.2. The summed E-state index contributed by atoms with van der Waals surface area (Å²) in [5.74, 6) is -4.16. The third-order valence-electron chi connectivity index (χ3n) is 7.14. The zero-order valence-corrected chi connectivity index (χ0v) is 23.8. The number of likely N-dealkylation sites (tertiary alicyclic amines) is 1. The number of hydrogen-bond acceptors (Lipinski definition) is 4. The maximum absolute atomic E-state index is 13.9. The Labute approximate surface area is 253 Å². The number of amides is 4. The van der Waals surface area contributed by atoms with Crippen LogP contribution in [0, 0.1) is 0 Å². The van der Waals surface area contributed by atoms with Gasteiger partial charge in [0.25, 0.3) is 0 Å². The average Bonchev–Trinajstić information content (AvgIpc) is 3.51. The van der Waals surface area contributed by atoms with Crippen molar-refractivity contribution in [2.45, 2.75) is 50.0 Å². The molecule has 1 heterocycles. The van der Waals surface area contributed by atoms with Crippen LogP contribution in [0.15, 0.2) is 97.1 Å². The van der Waals surface area contributed by atoms with Crippen LogP contribution in [0.3, 0.4) is 0 Å². The lowest BCUT2D eigenvalue weighted by Crippen LogP contribution is -2.57. The van der Waals surface area contributed by atoms with Crippen molar-refractivity contribution in [2.75, 3.05) is 11.9 Å². The lowest BCUT2D eigenvalue weighted by molar-refractivity contribution is -0.174. The minimum atomic E-state index is -5.21. The van der Waals surface area contributed by atoms with Crippen molar-refractivity contribution >= 4 is 35.4 Å². The molecule has 3 N–H and O–H groups in total. The Kier molecular flexibility index (Phi) is 10.9. The number of benzene rings is 3. The number of rotatable bonds is 11. The van der Waals surface area contributed by atoms with Gasteiger partial charge in [0, 0.05) is 18.7 Å². The van der Waals surface area contributed by atoms with Gasteiger partial charge in [-0.3, -0.25) is 19.2 Å². The number of anilines is 1. The first-order valence-corrected chi connectivity index (χ1v) is 14.2. The second-order valence-electron chi connectivity index (χ2n) is 10.4. The number of hydrogen-bond donors (Lipinski definition) is 3. The topological polar surface area (TPSA) is 108 Å². The van der Waals surface area contributed by atoms with Gasteiger partial charge in [0.1, 0.15) is 18.1 Å². The Bertz CT molecular complexity index is 1450. The smallest absolute Gasteiger partial charge is 0.342 e. The van der Waals surface area contributed by atoms with E-state index < -0.39 is 42.0 Å². The molecule has 0 unspecified atom stereocenters. The van der Waals surface area contributed by atoms with Crippen LogP contribution in [0.2, 0.25) is 0 Å². The molecule has 3 aromatic rings. The van der Waals surface area contributed by atoms with Gasteiger partial charge < -0.3 is 20.9 Å². The Morgan fingerprint density at radius 3 is 2.09 bits per heavy atom. The van der Waals surface area contributed by atoms with Crippen molar-refractivity contribution < 1.29 is 32.3 Å². The van der Waals surface area contributed by atoms with Gasteiger partial charge in [0.05, 0.1) is 0 Å². The van der Waals surface area contributed by atoms with Crippen LogP contribution in [0.1, 0.15) is 30.4 Å². The van der Waals surface area contributed by atoms with E-state index in [0.717, 1.165) is 5.56 Å². The van der Waals surface area contributed by atoms with Crippen LogP contribution in [-0.4, -0.2) is 59.4 Å². The highest BCUT2D eigenvalue weighted by Crippen LogP contribution is 2.22. The summed E-state index contributed by atoms with van der Waals surface area (Å²) >= 11 is 0. The van der Waals surface area contributed by atoms with E-state index in [9.17, 15) is 32.3 Å². The fraction of sp³-hybridized carbons (Fsp3) is 0.273. The predicted octanol–water partition coefficient (Wildman–Crippen LogP) is 4.49. The number of nitrogens with one attached hydrogen (secondary N) is 3. The number of nitrogens with zero attached hydrogens (tertiary/aromatic N) is 1. The van der Waals surface area contributed by atoms with Gasteiger partial charge in [-0.05, 0) is 42.5 Å². The Morgan fingerprint density at radius 1 is 0.841 bits per heavy atom. The number of para-hydroxylation sites is 1. The quantitative estimate of drug-likeness (QED) is 0.299. The lowest BCUT2D eigenvalue weighted by atomic mass is 10.0. The zero-order chi connectivity index (χ0) is 31.5. The van der Waals surface area contributed by atoms with E-state index in [2.05, 4.69) is 10.6 Å². The van der Waals surface area contributed by atoms with Crippen molar-refractivity contribution in [1.29, 1.82) is 0 Å². The fourth-order valence-corrected chi connectivity index (χ4v) is 4.95. The molecule has 0 aromatic heterocycles. The standard InChI is InChI=1S/C33H33F3N4O4/c34-33(35,36)32(44)39-27(22-24-14-6-2-7-15-24)29(41)38-26(19-10-16-23-12-4-1-5-13-23)31(43)40-21-11-20-28(40)30(42)37-25-17-8-3-9-18-25/h1-10,12-18,26-28H,11,19-22H2,(H,37,42)(H,38,41)(H,39,44)/b16-10+/t26-,27+,28+/m1/s1. The summed E-state index contributed by atoms with van der Waals surface area (Å²) in [4.78, 5) is 53.7. The van der Waals surface area contributed by atoms with Gasteiger partial charge in [-0.1, -0.05) is 91.0 Å². The molecule has 44 heavy (non-hydrogen) atoms. The van der Waals surface area contributed by atoms with Crippen molar-refractivity contribution in [3.8, 4) is 0 Å². The molecule has 4 rings (SSSR count). The van der Waals surface area contributed by atoms with Gasteiger partial charge in [0.2, 0.25) is 17.7 Å². The van der Waals surface area contributed by atoms with Crippen molar-refractivity contribution in [3.05, 3.63) is 108 Å². The summed E-state index contributed by atoms with van der Waals surface area (Å²) in [6.07, 6.45) is -1.07. The van der Waals surface area contributed by atoms with Crippen molar-refractivity contribution in [3.63, 3.8) is 0 Å². The Hall–Kier alpha value is -4.93. The Balaban J connectivity index is 1.56. The molecule has 1 fully saturated rings. The summed E-state index contributed by atoms with van der Waals surface area (Å²) in [5.41, 5.74) is 1.92. The highest BCUT2D eigenvalue weighted by atomic mass is 19.4. The molecule has 11 heteroatoms. The number of carbonyl (C=O) groups excluding carboxylic acids is 4. The third-order valence-corrected chi connectivity index (χ3v) is 7.14. The van der Waals surface area contributed by atoms with Gasteiger partial charge in [-0.2, -0.15) is 13.2 Å². The van der Waals surface area contributed by atoms with E-state index >= 15 is 0 Å². The molecule has 0 aliphatic carbocycles. The number of carbonyl (C=O) groups is 4. The maximum atomic E-state index is 13.9. The van der Waals surface area contributed by atoms with E-state index in [1.165, 1.54) is 4.90 Å². The first kappa shape index (κ1) is 32.0. The molecule has 230 valence electrons. The molecule has 4 amide bonds. The number of alkyl halides is 3. The van der Waals surface area contributed by atoms with Gasteiger partial charge in [-0.25, -0.2) is 0 Å². The van der Waals surface area contributed by atoms with E-state index in [4.69, 9.17) is 0 Å². The maximum Gasteiger partial charge on any atom is 0.471 e. The Morgan fingerprint density at radius 2 is 1.45 bits per heavy atom. The summed E-state index contributed by atoms with van der Waals surface area (Å²) in [6, 6.07) is 22.6. The molecule has 0 radical (unpaired) electrons. The molecule has 0 saturated carbocycles. The summed E-state index contributed by atoms with van der Waals surface area (Å²) in [5, 5.41) is 7.15. The average molecular weight is 607 g/mol. The molecule has 3 atom stereocenters. The van der Waals surface area contributed by atoms with Crippen LogP contribution in [-0.2, 0) is 25.6 Å². The van der Waals surface area contributed by atoms with Crippen molar-refractivity contribution in [1.82, 2.24) is 15.5 Å². The molecular formula is C33H33F3N4O4. The minimum absolute atomic E-state index is 0.00569. The largest absolute Gasteiger partial charge is 0.471 e. The van der Waals surface area contributed by atoms with Crippen LogP contribution in [0.5, 0.6) is 0 Å². The van der Waals surface area contributed by atoms with E-state index in [1.807, 2.05) is 30.3 Å². The van der Waals surface area contributed by atoms with Gasteiger partial charge >= 0.3 is 12.1 Å². The SMILES string of the molecule is O=C(N[C@H](C/C=C/c1ccccc1)C(=O)N1CCC[C@H]1C(=O)Nc1ccccc1)[C@H](Cc1ccccc1)NC(=O)C(F)(F)F. The van der Waals surface area contributed by atoms with E-state index in [-0.39, 0.29) is 25.3 Å². The monoisotopic (exact) mass is 606 g/mol. The van der Waals surface area contributed by atoms with E-state index in [1.54, 1.807) is 78.1 Å². The number of halogens is 3. The molecule has 1 saturated heterocycles. The molecule has 1 aliphatic rings. The minimum Gasteiger partial charge on any atom is -0.342 e. The summed E-state index contributed by atoms with van der Waals surface area (Å²) < 4.78 is 39.5. The highest BCUT2D eigenvalue weighted by Gasteiger charge is 2.42. The summed E-state index contributed by atoms with van der Waals surface area (Å²) in [7, 11) is 0. The van der Waals surface area contributed by atoms with Crippen LogP contribution in [0.25, 0.3) is 6.08 Å². The molecule has 8 nitrogen and oxygen atoms in total. The zero-order valence-electron chi connectivity index (χ0n) is 23.8.